The molecular formula is C15H15F3N8. The molecule has 0 unspecified atom stereocenters. The molecule has 4 heterocycles. The maximum Gasteiger partial charge on any atom is 0.453 e. The third-order valence-electron chi connectivity index (χ3n) is 4.15. The predicted octanol–water partition coefficient (Wildman–Crippen LogP) is 1.79. The summed E-state index contributed by atoms with van der Waals surface area (Å²) in [6.07, 6.45) is -4.60. The average Bonchev–Trinajstić information content (AvgIpc) is 2.98. The second-order valence-corrected chi connectivity index (χ2v) is 6.19. The number of fused-ring (bicyclic) bond motifs is 1. The van der Waals surface area contributed by atoms with Crippen LogP contribution in [-0.2, 0) is 6.18 Å². The van der Waals surface area contributed by atoms with Crippen molar-refractivity contribution in [2.45, 2.75) is 13.1 Å². The van der Waals surface area contributed by atoms with Crippen molar-refractivity contribution in [2.24, 2.45) is 5.92 Å². The zero-order valence-corrected chi connectivity index (χ0v) is 13.8. The van der Waals surface area contributed by atoms with E-state index in [9.17, 15) is 13.2 Å². The summed E-state index contributed by atoms with van der Waals surface area (Å²) in [6, 6.07) is 6.87. The van der Waals surface area contributed by atoms with E-state index in [1.807, 2.05) is 19.1 Å². The van der Waals surface area contributed by atoms with Crippen molar-refractivity contribution in [3.8, 4) is 0 Å². The lowest BCUT2D eigenvalue weighted by Gasteiger charge is -2.40. The molecule has 0 bridgehead atoms. The van der Waals surface area contributed by atoms with E-state index in [1.54, 1.807) is 6.07 Å². The molecule has 4 rings (SSSR count). The Hall–Kier alpha value is -2.98. The summed E-state index contributed by atoms with van der Waals surface area (Å²) >= 11 is 0. The van der Waals surface area contributed by atoms with Gasteiger partial charge in [0, 0.05) is 25.6 Å². The van der Waals surface area contributed by atoms with Gasteiger partial charge in [-0.2, -0.15) is 22.8 Å². The van der Waals surface area contributed by atoms with Gasteiger partial charge in [0.2, 0.25) is 0 Å². The number of aromatic nitrogens is 6. The summed E-state index contributed by atoms with van der Waals surface area (Å²) < 4.78 is 39.4. The number of hydrogen-bond donors (Lipinski definition) is 1. The molecule has 26 heavy (non-hydrogen) atoms. The lowest BCUT2D eigenvalue weighted by Crippen LogP contribution is -2.50. The van der Waals surface area contributed by atoms with Crippen molar-refractivity contribution in [3.05, 3.63) is 35.8 Å². The van der Waals surface area contributed by atoms with Crippen molar-refractivity contribution in [1.82, 2.24) is 30.0 Å². The molecule has 1 aliphatic heterocycles. The highest BCUT2D eigenvalue weighted by atomic mass is 19.4. The Kier molecular flexibility index (Phi) is 3.85. The molecule has 0 aromatic carbocycles. The van der Waals surface area contributed by atoms with E-state index in [2.05, 4.69) is 35.7 Å². The second kappa shape index (κ2) is 6.07. The molecular weight excluding hydrogens is 349 g/mol. The lowest BCUT2D eigenvalue weighted by atomic mass is 10.0. The molecule has 1 aliphatic rings. The average molecular weight is 364 g/mol. The minimum absolute atomic E-state index is 0.0515. The van der Waals surface area contributed by atoms with Crippen LogP contribution in [0, 0.1) is 12.8 Å². The standard InChI is InChI=1S/C15H15F3N8/c1-9-2-4-12(21-20-9)25-7-10(8-25)6-19-11-3-5-13-22-23-14(15(16,17)18)26(13)24-11/h2-5,10H,6-8H2,1H3,(H,19,24). The van der Waals surface area contributed by atoms with Crippen molar-refractivity contribution >= 4 is 17.3 Å². The third kappa shape index (κ3) is 3.11. The van der Waals surface area contributed by atoms with Crippen LogP contribution >= 0.6 is 0 Å². The summed E-state index contributed by atoms with van der Waals surface area (Å²) in [4.78, 5) is 2.09. The summed E-state index contributed by atoms with van der Waals surface area (Å²) in [5, 5.41) is 21.8. The van der Waals surface area contributed by atoms with Crippen LogP contribution in [0.1, 0.15) is 11.5 Å². The Morgan fingerprint density at radius 2 is 1.88 bits per heavy atom. The van der Waals surface area contributed by atoms with Gasteiger partial charge >= 0.3 is 6.18 Å². The van der Waals surface area contributed by atoms with Crippen molar-refractivity contribution in [2.75, 3.05) is 29.9 Å². The Morgan fingerprint density at radius 1 is 1.08 bits per heavy atom. The van der Waals surface area contributed by atoms with Gasteiger partial charge in [0.25, 0.3) is 5.82 Å². The van der Waals surface area contributed by atoms with Gasteiger partial charge in [-0.15, -0.1) is 20.4 Å². The number of nitrogens with one attached hydrogen (secondary N) is 1. The number of anilines is 2. The van der Waals surface area contributed by atoms with E-state index in [0.29, 0.717) is 22.8 Å². The number of hydrogen-bond acceptors (Lipinski definition) is 7. The Balaban J connectivity index is 1.37. The molecule has 1 saturated heterocycles. The molecule has 11 heteroatoms. The van der Waals surface area contributed by atoms with Crippen molar-refractivity contribution in [3.63, 3.8) is 0 Å². The van der Waals surface area contributed by atoms with E-state index in [1.165, 1.54) is 6.07 Å². The summed E-state index contributed by atoms with van der Waals surface area (Å²) in [7, 11) is 0. The quantitative estimate of drug-likeness (QED) is 0.755. The van der Waals surface area contributed by atoms with Crippen LogP contribution in [0.25, 0.3) is 5.65 Å². The van der Waals surface area contributed by atoms with Crippen molar-refractivity contribution < 1.29 is 13.2 Å². The molecule has 3 aromatic heterocycles. The van der Waals surface area contributed by atoms with Gasteiger partial charge in [0.15, 0.2) is 11.5 Å². The van der Waals surface area contributed by atoms with Crippen LogP contribution in [0.15, 0.2) is 24.3 Å². The molecule has 136 valence electrons. The number of aryl methyl sites for hydroxylation is 1. The van der Waals surface area contributed by atoms with E-state index in [0.717, 1.165) is 24.6 Å². The van der Waals surface area contributed by atoms with Crippen LogP contribution in [0.4, 0.5) is 24.8 Å². The predicted molar refractivity (Wildman–Crippen MR) is 86.7 cm³/mol. The van der Waals surface area contributed by atoms with Crippen molar-refractivity contribution in [1.29, 1.82) is 0 Å². The monoisotopic (exact) mass is 364 g/mol. The van der Waals surface area contributed by atoms with E-state index < -0.39 is 12.0 Å². The normalized spacial score (nSPS) is 15.3. The highest BCUT2D eigenvalue weighted by Crippen LogP contribution is 2.28. The summed E-state index contributed by atoms with van der Waals surface area (Å²) in [6.45, 7) is 4.07. The Bertz CT molecular complexity index is 915. The molecule has 0 spiro atoms. The minimum Gasteiger partial charge on any atom is -0.368 e. The Labute approximate surface area is 146 Å². The molecule has 1 N–H and O–H groups in total. The number of nitrogens with zero attached hydrogens (tertiary/aromatic N) is 7. The molecule has 0 amide bonds. The van der Waals surface area contributed by atoms with E-state index in [-0.39, 0.29) is 5.65 Å². The first-order valence-electron chi connectivity index (χ1n) is 7.99. The third-order valence-corrected chi connectivity index (χ3v) is 4.15. The minimum atomic E-state index is -4.60. The fourth-order valence-electron chi connectivity index (χ4n) is 2.76. The fraction of sp³-hybridized carbons (Fsp3) is 0.400. The lowest BCUT2D eigenvalue weighted by molar-refractivity contribution is -0.146. The fourth-order valence-corrected chi connectivity index (χ4v) is 2.76. The zero-order chi connectivity index (χ0) is 18.3. The van der Waals surface area contributed by atoms with Crippen LogP contribution in [-0.4, -0.2) is 49.6 Å². The maximum atomic E-state index is 12.9. The molecule has 8 nitrogen and oxygen atoms in total. The van der Waals surface area contributed by atoms with E-state index >= 15 is 0 Å². The molecule has 0 radical (unpaired) electrons. The van der Waals surface area contributed by atoms with Gasteiger partial charge in [-0.05, 0) is 31.2 Å². The van der Waals surface area contributed by atoms with Gasteiger partial charge in [-0.1, -0.05) is 0 Å². The summed E-state index contributed by atoms with van der Waals surface area (Å²) in [5.74, 6) is 0.379. The number of halogens is 3. The zero-order valence-electron chi connectivity index (χ0n) is 13.8. The first-order valence-corrected chi connectivity index (χ1v) is 7.99. The van der Waals surface area contributed by atoms with Gasteiger partial charge in [-0.3, -0.25) is 0 Å². The van der Waals surface area contributed by atoms with Gasteiger partial charge in [0.05, 0.1) is 5.69 Å². The number of rotatable bonds is 4. The molecule has 3 aromatic rings. The maximum absolute atomic E-state index is 12.9. The number of alkyl halides is 3. The largest absolute Gasteiger partial charge is 0.453 e. The van der Waals surface area contributed by atoms with E-state index in [4.69, 9.17) is 0 Å². The highest BCUT2D eigenvalue weighted by molar-refractivity contribution is 5.45. The van der Waals surface area contributed by atoms with Crippen LogP contribution < -0.4 is 10.2 Å². The molecule has 0 saturated carbocycles. The second-order valence-electron chi connectivity index (χ2n) is 6.19. The highest BCUT2D eigenvalue weighted by Gasteiger charge is 2.37. The van der Waals surface area contributed by atoms with Crippen LogP contribution in [0.2, 0.25) is 0 Å². The first-order chi connectivity index (χ1) is 12.4. The van der Waals surface area contributed by atoms with Crippen LogP contribution in [0.5, 0.6) is 0 Å². The summed E-state index contributed by atoms with van der Waals surface area (Å²) in [5.41, 5.74) is 0.914. The topological polar surface area (TPSA) is 84.1 Å². The van der Waals surface area contributed by atoms with Gasteiger partial charge in [-0.25, -0.2) is 0 Å². The SMILES string of the molecule is Cc1ccc(N2CC(CNc3ccc4nnc(C(F)(F)F)n4n3)C2)nn1. The van der Waals surface area contributed by atoms with Gasteiger partial charge < -0.3 is 10.2 Å². The Morgan fingerprint density at radius 3 is 2.58 bits per heavy atom. The molecule has 0 aliphatic carbocycles. The van der Waals surface area contributed by atoms with Crippen LogP contribution in [0.3, 0.4) is 0 Å². The molecule has 0 atom stereocenters. The van der Waals surface area contributed by atoms with Gasteiger partial charge in [0.1, 0.15) is 5.82 Å². The smallest absolute Gasteiger partial charge is 0.368 e. The first kappa shape index (κ1) is 16.5. The molecule has 1 fully saturated rings.